The first-order valence-electron chi connectivity index (χ1n) is 5.57. The topological polar surface area (TPSA) is 34.1 Å². The maximum Gasteiger partial charge on any atom is 0.460 e. The molecule has 132 valence electrons. The minimum Gasteiger partial charge on any atom is -0.216 e. The Bertz CT molecular complexity index is 654. The fraction of sp³-hybridized carbons (Fsp3) is 0.455. The van der Waals surface area contributed by atoms with Crippen molar-refractivity contribution in [1.29, 1.82) is 0 Å². The van der Waals surface area contributed by atoms with Crippen LogP contribution in [0.25, 0.3) is 0 Å². The second kappa shape index (κ2) is 5.56. The maximum absolute atomic E-state index is 14.1. The summed E-state index contributed by atoms with van der Waals surface area (Å²) in [4.78, 5) is 0. The van der Waals surface area contributed by atoms with Gasteiger partial charge < -0.3 is 0 Å². The largest absolute Gasteiger partial charge is 0.460 e. The van der Waals surface area contributed by atoms with Crippen molar-refractivity contribution in [3.05, 3.63) is 35.9 Å². The zero-order valence-corrected chi connectivity index (χ0v) is 11.5. The Labute approximate surface area is 124 Å². The normalized spacial score (nSPS) is 16.9. The Morgan fingerprint density at radius 2 is 1.22 bits per heavy atom. The highest BCUT2D eigenvalue weighted by atomic mass is 32.3. The molecular formula is C11H7F9O2S. The third-order valence-electron chi connectivity index (χ3n) is 2.88. The molecule has 1 aromatic carbocycles. The van der Waals surface area contributed by atoms with Crippen molar-refractivity contribution < 1.29 is 47.4 Å². The third kappa shape index (κ3) is 3.12. The van der Waals surface area contributed by atoms with Crippen LogP contribution in [-0.2, 0) is 16.6 Å². The Hall–Kier alpha value is -1.46. The van der Waals surface area contributed by atoms with Crippen molar-refractivity contribution in [1.82, 2.24) is 0 Å². The van der Waals surface area contributed by atoms with E-state index in [9.17, 15) is 47.4 Å². The van der Waals surface area contributed by atoms with E-state index in [2.05, 4.69) is 0 Å². The van der Waals surface area contributed by atoms with Crippen molar-refractivity contribution in [2.24, 2.45) is 0 Å². The van der Waals surface area contributed by atoms with Gasteiger partial charge in [0.25, 0.3) is 0 Å². The first kappa shape index (κ1) is 19.6. The smallest absolute Gasteiger partial charge is 0.216 e. The standard InChI is InChI=1S/C11H7F9O2S/c12-8(23(20,21)22,6-7-4-2-1-3-5-7)9(13,14)10(15,16)11(17,18)19/h1-5H,6H2. The van der Waals surface area contributed by atoms with Crippen molar-refractivity contribution in [2.75, 3.05) is 0 Å². The molecule has 1 unspecified atom stereocenters. The summed E-state index contributed by atoms with van der Waals surface area (Å²) in [5, 5.41) is -5.82. The fourth-order valence-corrected chi connectivity index (χ4v) is 2.39. The number of hydrogen-bond donors (Lipinski definition) is 0. The Morgan fingerprint density at radius 3 is 1.57 bits per heavy atom. The number of hydrogen-bond acceptors (Lipinski definition) is 2. The Morgan fingerprint density at radius 1 is 0.783 bits per heavy atom. The van der Waals surface area contributed by atoms with E-state index in [0.717, 1.165) is 24.3 Å². The van der Waals surface area contributed by atoms with Gasteiger partial charge in [-0.2, -0.15) is 39.2 Å². The Kier molecular flexibility index (Phi) is 4.74. The molecule has 0 saturated carbocycles. The van der Waals surface area contributed by atoms with Crippen LogP contribution in [0.5, 0.6) is 0 Å². The number of benzene rings is 1. The molecule has 1 atom stereocenters. The predicted octanol–water partition coefficient (Wildman–Crippen LogP) is 4.03. The van der Waals surface area contributed by atoms with E-state index >= 15 is 0 Å². The van der Waals surface area contributed by atoms with Crippen LogP contribution in [0.2, 0.25) is 0 Å². The quantitative estimate of drug-likeness (QED) is 0.576. The zero-order chi connectivity index (χ0) is 18.3. The van der Waals surface area contributed by atoms with Gasteiger partial charge in [0.2, 0.25) is 0 Å². The lowest BCUT2D eigenvalue weighted by molar-refractivity contribution is -0.370. The van der Waals surface area contributed by atoms with Gasteiger partial charge in [-0.25, -0.2) is 4.39 Å². The van der Waals surface area contributed by atoms with Gasteiger partial charge in [0.05, 0.1) is 0 Å². The molecule has 1 aromatic rings. The van der Waals surface area contributed by atoms with Gasteiger partial charge in [0.1, 0.15) is 0 Å². The van der Waals surface area contributed by atoms with Gasteiger partial charge in [-0.3, -0.25) is 0 Å². The lowest BCUT2D eigenvalue weighted by Crippen LogP contribution is -2.65. The number of alkyl halides is 8. The second-order valence-corrected chi connectivity index (χ2v) is 6.00. The van der Waals surface area contributed by atoms with Crippen molar-refractivity contribution >= 4 is 10.2 Å². The Balaban J connectivity index is 3.54. The minimum atomic E-state index is -7.16. The molecule has 0 aliphatic heterocycles. The van der Waals surface area contributed by atoms with Crippen LogP contribution >= 0.6 is 0 Å². The van der Waals surface area contributed by atoms with Crippen LogP contribution in [-0.4, -0.2) is 31.4 Å². The van der Waals surface area contributed by atoms with Crippen LogP contribution in [0.15, 0.2) is 30.3 Å². The van der Waals surface area contributed by atoms with Crippen LogP contribution in [0.3, 0.4) is 0 Å². The van der Waals surface area contributed by atoms with Crippen LogP contribution < -0.4 is 0 Å². The molecule has 2 nitrogen and oxygen atoms in total. The summed E-state index contributed by atoms with van der Waals surface area (Å²) in [5.41, 5.74) is -0.728. The summed E-state index contributed by atoms with van der Waals surface area (Å²) in [6, 6.07) is 4.79. The molecule has 0 amide bonds. The van der Waals surface area contributed by atoms with E-state index in [1.807, 2.05) is 0 Å². The van der Waals surface area contributed by atoms with Gasteiger partial charge in [-0.15, -0.1) is 3.89 Å². The van der Waals surface area contributed by atoms with Crippen molar-refractivity contribution in [2.45, 2.75) is 29.4 Å². The summed E-state index contributed by atoms with van der Waals surface area (Å²) < 4.78 is 137. The van der Waals surface area contributed by atoms with Gasteiger partial charge in [-0.1, -0.05) is 30.3 Å². The molecule has 0 fully saturated rings. The summed E-state index contributed by atoms with van der Waals surface area (Å²) in [6.07, 6.45) is -9.25. The zero-order valence-electron chi connectivity index (χ0n) is 10.7. The molecule has 0 aliphatic rings. The maximum atomic E-state index is 14.1. The number of rotatable bonds is 5. The van der Waals surface area contributed by atoms with Crippen molar-refractivity contribution in [3.8, 4) is 0 Å². The molecule has 0 spiro atoms. The van der Waals surface area contributed by atoms with E-state index < -0.39 is 45.2 Å². The molecule has 1 rings (SSSR count). The van der Waals surface area contributed by atoms with Crippen molar-refractivity contribution in [3.63, 3.8) is 0 Å². The fourth-order valence-electron chi connectivity index (χ4n) is 1.62. The molecule has 0 radical (unpaired) electrons. The van der Waals surface area contributed by atoms with Gasteiger partial charge in [-0.05, 0) is 5.56 Å². The molecule has 0 bridgehead atoms. The molecule has 12 heteroatoms. The monoisotopic (exact) mass is 374 g/mol. The molecule has 0 aromatic heterocycles. The molecule has 0 saturated heterocycles. The summed E-state index contributed by atoms with van der Waals surface area (Å²) >= 11 is 0. The second-order valence-electron chi connectivity index (χ2n) is 4.48. The average Bonchev–Trinajstić information content (AvgIpc) is 2.36. The first-order valence-corrected chi connectivity index (χ1v) is 6.95. The highest BCUT2D eigenvalue weighted by Gasteiger charge is 2.84. The lowest BCUT2D eigenvalue weighted by Gasteiger charge is -2.35. The highest BCUT2D eigenvalue weighted by Crippen LogP contribution is 2.55. The van der Waals surface area contributed by atoms with Gasteiger partial charge in [0.15, 0.2) is 0 Å². The molecule has 0 heterocycles. The van der Waals surface area contributed by atoms with E-state index in [0.29, 0.717) is 0 Å². The van der Waals surface area contributed by atoms with E-state index in [1.54, 1.807) is 0 Å². The average molecular weight is 374 g/mol. The highest BCUT2D eigenvalue weighted by molar-refractivity contribution is 7.87. The van der Waals surface area contributed by atoms with Crippen LogP contribution in [0.1, 0.15) is 5.56 Å². The van der Waals surface area contributed by atoms with E-state index in [4.69, 9.17) is 0 Å². The number of halogens is 9. The molecule has 23 heavy (non-hydrogen) atoms. The van der Waals surface area contributed by atoms with Crippen LogP contribution in [0, 0.1) is 0 Å². The summed E-state index contributed by atoms with van der Waals surface area (Å²) in [5.74, 6) is -14.0. The van der Waals surface area contributed by atoms with Gasteiger partial charge >= 0.3 is 33.2 Å². The molecular weight excluding hydrogens is 367 g/mol. The van der Waals surface area contributed by atoms with E-state index in [-0.39, 0.29) is 0 Å². The lowest BCUT2D eigenvalue weighted by atomic mass is 9.98. The first-order chi connectivity index (χ1) is 10.1. The molecule has 0 aliphatic carbocycles. The SMILES string of the molecule is O=S(=O)(F)C(F)(Cc1ccccc1)C(F)(F)C(F)(F)C(F)(F)F. The molecule has 0 N–H and O–H groups in total. The minimum absolute atomic E-state index is 0.728. The van der Waals surface area contributed by atoms with E-state index in [1.165, 1.54) is 6.07 Å². The van der Waals surface area contributed by atoms with Crippen LogP contribution in [0.4, 0.5) is 39.0 Å². The summed E-state index contributed by atoms with van der Waals surface area (Å²) in [7, 11) is -7.16. The predicted molar refractivity (Wildman–Crippen MR) is 60.0 cm³/mol. The van der Waals surface area contributed by atoms with Gasteiger partial charge in [0, 0.05) is 6.42 Å². The summed E-state index contributed by atoms with van der Waals surface area (Å²) in [6.45, 7) is 0. The third-order valence-corrected chi connectivity index (χ3v) is 4.05.